The summed E-state index contributed by atoms with van der Waals surface area (Å²) in [4.78, 5) is 56.1. The minimum atomic E-state index is -1.26. The number of carbonyl (C=O) groups is 3. The first-order valence-corrected chi connectivity index (χ1v) is 12.2. The van der Waals surface area contributed by atoms with Crippen molar-refractivity contribution in [3.63, 3.8) is 0 Å². The van der Waals surface area contributed by atoms with Gasteiger partial charge in [-0.3, -0.25) is 29.4 Å². The molecule has 1 N–H and O–H groups in total. The molecule has 0 aliphatic carbocycles. The number of nitro benzene ring substituents is 1. The number of hydrogen-bond donors (Lipinski definition) is 1. The summed E-state index contributed by atoms with van der Waals surface area (Å²) in [5.41, 5.74) is 1.64. The fourth-order valence-electron chi connectivity index (χ4n) is 6.92. The van der Waals surface area contributed by atoms with E-state index >= 15 is 0 Å². The number of aryl methyl sites for hydroxylation is 2. The van der Waals surface area contributed by atoms with Crippen LogP contribution in [-0.2, 0) is 26.3 Å². The predicted octanol–water partition coefficient (Wildman–Crippen LogP) is 2.91. The summed E-state index contributed by atoms with van der Waals surface area (Å²) in [7, 11) is 1.31. The second-order valence-electron chi connectivity index (χ2n) is 9.94. The first kappa shape index (κ1) is 22.7. The summed E-state index contributed by atoms with van der Waals surface area (Å²) in [6.45, 7) is 4.29. The lowest BCUT2D eigenvalue weighted by Gasteiger charge is -2.37. The maximum Gasteiger partial charge on any atom is 0.311 e. The van der Waals surface area contributed by atoms with E-state index in [1.807, 2.05) is 25.1 Å². The van der Waals surface area contributed by atoms with Gasteiger partial charge in [-0.25, -0.2) is 4.90 Å². The molecule has 3 saturated heterocycles. The number of ether oxygens (including phenoxy) is 1. The number of nitro groups is 1. The van der Waals surface area contributed by atoms with Crippen LogP contribution in [0.4, 0.5) is 17.1 Å². The topological polar surface area (TPSA) is 122 Å². The summed E-state index contributed by atoms with van der Waals surface area (Å²) in [6, 6.07) is 8.28. The van der Waals surface area contributed by atoms with E-state index in [9.17, 15) is 24.5 Å². The van der Waals surface area contributed by atoms with E-state index < -0.39 is 28.2 Å². The van der Waals surface area contributed by atoms with Crippen molar-refractivity contribution in [1.29, 1.82) is 0 Å². The molecule has 0 bridgehead atoms. The van der Waals surface area contributed by atoms with Crippen LogP contribution in [0.15, 0.2) is 30.3 Å². The van der Waals surface area contributed by atoms with Gasteiger partial charge in [-0.15, -0.1) is 0 Å². The Morgan fingerprint density at radius 2 is 1.97 bits per heavy atom. The van der Waals surface area contributed by atoms with E-state index in [-0.39, 0.29) is 35.0 Å². The first-order chi connectivity index (χ1) is 17.2. The largest absolute Gasteiger partial charge is 0.490 e. The van der Waals surface area contributed by atoms with Gasteiger partial charge >= 0.3 is 5.69 Å². The minimum Gasteiger partial charge on any atom is -0.490 e. The minimum absolute atomic E-state index is 0.0352. The van der Waals surface area contributed by atoms with Crippen molar-refractivity contribution in [3.05, 3.63) is 57.1 Å². The van der Waals surface area contributed by atoms with E-state index in [0.29, 0.717) is 24.2 Å². The Bertz CT molecular complexity index is 1370. The van der Waals surface area contributed by atoms with Crippen molar-refractivity contribution >= 4 is 34.8 Å². The summed E-state index contributed by atoms with van der Waals surface area (Å²) < 4.78 is 5.21. The molecule has 0 aromatic heterocycles. The van der Waals surface area contributed by atoms with Crippen molar-refractivity contribution in [3.8, 4) is 5.75 Å². The molecule has 4 heterocycles. The number of hydrogen-bond acceptors (Lipinski definition) is 7. The standard InChI is InChI=1S/C26H26N4O6/c1-4-14-7-8-16-15(11-14)26(25(33)27-16)22-21(17-6-5-9-28(17)26)23(31)29(24(22)32)18-12-20(36-3)19(30(34)35)10-13(18)2/h7-8,10-12,17,21-22H,4-6,9H2,1-3H3,(H,27,33)/t17-,21-,22-,26-/m1/s1. The third-order valence-corrected chi connectivity index (χ3v) is 8.40. The van der Waals surface area contributed by atoms with Gasteiger partial charge in [0, 0.05) is 29.4 Å². The lowest BCUT2D eigenvalue weighted by atomic mass is 9.75. The molecule has 10 nitrogen and oxygen atoms in total. The Balaban J connectivity index is 1.54. The van der Waals surface area contributed by atoms with Gasteiger partial charge in [0.15, 0.2) is 5.75 Å². The molecule has 2 aromatic rings. The molecule has 6 rings (SSSR count). The summed E-state index contributed by atoms with van der Waals surface area (Å²) >= 11 is 0. The van der Waals surface area contributed by atoms with Crippen LogP contribution in [0, 0.1) is 28.9 Å². The molecule has 4 aliphatic heterocycles. The zero-order valence-electron chi connectivity index (χ0n) is 20.2. The van der Waals surface area contributed by atoms with Crippen LogP contribution in [0.5, 0.6) is 5.75 Å². The van der Waals surface area contributed by atoms with Crippen LogP contribution in [0.3, 0.4) is 0 Å². The normalized spacial score (nSPS) is 28.5. The molecule has 0 unspecified atom stereocenters. The Morgan fingerprint density at radius 1 is 1.19 bits per heavy atom. The lowest BCUT2D eigenvalue weighted by molar-refractivity contribution is -0.385. The summed E-state index contributed by atoms with van der Waals surface area (Å²) in [5, 5.41) is 14.5. The van der Waals surface area contributed by atoms with Crippen molar-refractivity contribution in [2.75, 3.05) is 23.9 Å². The maximum absolute atomic E-state index is 14.2. The SMILES string of the molecule is CCc1ccc2c(c1)[C@]1(C(=O)N2)[C@H]2C(=O)N(c3cc(OC)c([N+](=O)[O-])cc3C)C(=O)[C@@H]2[C@H]2CCCN21. The molecule has 3 fully saturated rings. The van der Waals surface area contributed by atoms with Crippen LogP contribution >= 0.6 is 0 Å². The van der Waals surface area contributed by atoms with E-state index in [1.165, 1.54) is 19.2 Å². The number of imide groups is 1. The average molecular weight is 491 g/mol. The Hall–Kier alpha value is -3.79. The first-order valence-electron chi connectivity index (χ1n) is 12.2. The Morgan fingerprint density at radius 3 is 2.67 bits per heavy atom. The highest BCUT2D eigenvalue weighted by molar-refractivity contribution is 6.26. The average Bonchev–Trinajstić information content (AvgIpc) is 3.57. The molecule has 0 saturated carbocycles. The number of methoxy groups -OCH3 is 1. The third kappa shape index (κ3) is 2.62. The molecule has 4 aliphatic rings. The number of benzene rings is 2. The number of fused-ring (bicyclic) bond motifs is 7. The number of anilines is 2. The van der Waals surface area contributed by atoms with E-state index in [1.54, 1.807) is 6.92 Å². The van der Waals surface area contributed by atoms with E-state index in [2.05, 4.69) is 10.2 Å². The zero-order chi connectivity index (χ0) is 25.5. The van der Waals surface area contributed by atoms with Gasteiger partial charge in [-0.1, -0.05) is 19.1 Å². The zero-order valence-corrected chi connectivity index (χ0v) is 20.2. The predicted molar refractivity (Wildman–Crippen MR) is 130 cm³/mol. The molecule has 0 radical (unpaired) electrons. The van der Waals surface area contributed by atoms with E-state index in [4.69, 9.17) is 4.74 Å². The van der Waals surface area contributed by atoms with Crippen molar-refractivity contribution < 1.29 is 24.0 Å². The van der Waals surface area contributed by atoms with Crippen molar-refractivity contribution in [1.82, 2.24) is 4.90 Å². The highest BCUT2D eigenvalue weighted by Gasteiger charge is 2.74. The quantitative estimate of drug-likeness (QED) is 0.397. The van der Waals surface area contributed by atoms with Gasteiger partial charge in [0.05, 0.1) is 29.6 Å². The molecular formula is C26H26N4O6. The summed E-state index contributed by atoms with van der Waals surface area (Å²) in [5.74, 6) is -2.70. The van der Waals surface area contributed by atoms with Crippen LogP contribution in [0.1, 0.15) is 36.5 Å². The third-order valence-electron chi connectivity index (χ3n) is 8.40. The van der Waals surface area contributed by atoms with Crippen LogP contribution in [0.25, 0.3) is 0 Å². The van der Waals surface area contributed by atoms with Gasteiger partial charge in [0.1, 0.15) is 5.54 Å². The number of carbonyl (C=O) groups excluding carboxylic acids is 3. The molecule has 186 valence electrons. The smallest absolute Gasteiger partial charge is 0.311 e. The summed E-state index contributed by atoms with van der Waals surface area (Å²) in [6.07, 6.45) is 2.32. The molecule has 1 spiro atoms. The second kappa shape index (κ2) is 7.60. The highest BCUT2D eigenvalue weighted by Crippen LogP contribution is 2.61. The molecule has 36 heavy (non-hydrogen) atoms. The Labute approximate surface area is 207 Å². The van der Waals surface area contributed by atoms with Crippen molar-refractivity contribution in [2.24, 2.45) is 11.8 Å². The lowest BCUT2D eigenvalue weighted by Crippen LogP contribution is -2.54. The fraction of sp³-hybridized carbons (Fsp3) is 0.423. The van der Waals surface area contributed by atoms with Crippen LogP contribution < -0.4 is 15.0 Å². The van der Waals surface area contributed by atoms with Crippen LogP contribution in [-0.4, -0.2) is 47.2 Å². The number of nitrogens with zero attached hydrogens (tertiary/aromatic N) is 3. The maximum atomic E-state index is 14.2. The monoisotopic (exact) mass is 490 g/mol. The number of amides is 3. The van der Waals surface area contributed by atoms with Gasteiger partial charge in [-0.2, -0.15) is 0 Å². The number of nitrogens with one attached hydrogen (secondary N) is 1. The fourth-order valence-corrected chi connectivity index (χ4v) is 6.92. The molecule has 10 heteroatoms. The van der Waals surface area contributed by atoms with Crippen LogP contribution in [0.2, 0.25) is 0 Å². The molecular weight excluding hydrogens is 464 g/mol. The van der Waals surface area contributed by atoms with Gasteiger partial charge in [-0.05, 0) is 49.9 Å². The molecule has 2 aromatic carbocycles. The Kier molecular flexibility index (Phi) is 4.79. The second-order valence-corrected chi connectivity index (χ2v) is 9.94. The molecule has 4 atom stereocenters. The highest BCUT2D eigenvalue weighted by atomic mass is 16.6. The van der Waals surface area contributed by atoms with Gasteiger partial charge < -0.3 is 10.1 Å². The van der Waals surface area contributed by atoms with E-state index in [0.717, 1.165) is 28.9 Å². The van der Waals surface area contributed by atoms with Gasteiger partial charge in [0.2, 0.25) is 17.7 Å². The number of rotatable bonds is 4. The van der Waals surface area contributed by atoms with Gasteiger partial charge in [0.25, 0.3) is 0 Å². The van der Waals surface area contributed by atoms with Crippen molar-refractivity contribution in [2.45, 2.75) is 44.7 Å². The molecule has 3 amide bonds.